The van der Waals surface area contributed by atoms with Crippen LogP contribution in [0.3, 0.4) is 0 Å². The fourth-order valence-corrected chi connectivity index (χ4v) is 5.26. The Labute approximate surface area is 223 Å². The van der Waals surface area contributed by atoms with Crippen LogP contribution in [0.1, 0.15) is 52.7 Å². The average molecular weight is 515 g/mol. The molecule has 0 unspecified atom stereocenters. The third-order valence-electron chi connectivity index (χ3n) is 5.75. The molecule has 0 saturated heterocycles. The summed E-state index contributed by atoms with van der Waals surface area (Å²) < 4.78 is 18.5. The second-order valence-corrected chi connectivity index (χ2v) is 12.0. The Morgan fingerprint density at radius 1 is 0.865 bits per heavy atom. The van der Waals surface area contributed by atoms with Gasteiger partial charge in [0.1, 0.15) is 17.1 Å². The molecule has 0 aliphatic heterocycles. The van der Waals surface area contributed by atoms with E-state index >= 15 is 0 Å². The van der Waals surface area contributed by atoms with Crippen molar-refractivity contribution in [1.82, 2.24) is 0 Å². The van der Waals surface area contributed by atoms with Gasteiger partial charge in [-0.25, -0.2) is 4.79 Å². The van der Waals surface area contributed by atoms with Crippen molar-refractivity contribution < 1.29 is 19.0 Å². The van der Waals surface area contributed by atoms with E-state index in [9.17, 15) is 4.79 Å². The van der Waals surface area contributed by atoms with Gasteiger partial charge in [-0.3, -0.25) is 0 Å². The summed E-state index contributed by atoms with van der Waals surface area (Å²) in [5, 5.41) is 1.04. The number of carbonyl (C=O) groups excluding carboxylic acids is 1. The van der Waals surface area contributed by atoms with Crippen LogP contribution < -0.4 is 9.47 Å². The summed E-state index contributed by atoms with van der Waals surface area (Å²) in [5.41, 5.74) is 2.78. The molecule has 0 N–H and O–H groups in total. The molecule has 0 aliphatic rings. The number of methoxy groups -OCH3 is 1. The van der Waals surface area contributed by atoms with E-state index in [2.05, 4.69) is 57.2 Å². The molecule has 0 aliphatic carbocycles. The number of carbonyl (C=O) groups is 1. The minimum Gasteiger partial charge on any atom is -0.497 e. The minimum atomic E-state index is -0.518. The maximum absolute atomic E-state index is 12.0. The largest absolute Gasteiger partial charge is 0.497 e. The molecule has 4 aromatic rings. The van der Waals surface area contributed by atoms with Crippen LogP contribution in [0, 0.1) is 0 Å². The van der Waals surface area contributed by atoms with Gasteiger partial charge in [-0.15, -0.1) is 11.3 Å². The van der Waals surface area contributed by atoms with Crippen LogP contribution in [0.25, 0.3) is 26.6 Å². The van der Waals surface area contributed by atoms with Crippen molar-refractivity contribution in [3.8, 4) is 27.7 Å². The Balaban J connectivity index is 1.71. The van der Waals surface area contributed by atoms with E-state index in [0.717, 1.165) is 37.8 Å². The van der Waals surface area contributed by atoms with Gasteiger partial charge in [-0.05, 0) is 79.3 Å². The predicted molar refractivity (Wildman–Crippen MR) is 154 cm³/mol. The topological polar surface area (TPSA) is 44.8 Å². The SMILES string of the molecule is COc1ccc2c(Oc3ccc(/C=C/C(=O)OC(C)(C)C)cc3)c(-c3ccccc3C(C)(C)C)sc2c1. The van der Waals surface area contributed by atoms with Gasteiger partial charge in [-0.2, -0.15) is 0 Å². The fraction of sp³-hybridized carbons (Fsp3) is 0.281. The number of hydrogen-bond acceptors (Lipinski definition) is 5. The molecular formula is C32H34O4S. The van der Waals surface area contributed by atoms with Crippen molar-refractivity contribution in [2.24, 2.45) is 0 Å². The average Bonchev–Trinajstić information content (AvgIpc) is 3.19. The predicted octanol–water partition coefficient (Wildman–Crippen LogP) is 9.02. The van der Waals surface area contributed by atoms with Crippen LogP contribution in [0.4, 0.5) is 0 Å². The van der Waals surface area contributed by atoms with E-state index < -0.39 is 5.60 Å². The van der Waals surface area contributed by atoms with Crippen LogP contribution in [0.15, 0.2) is 72.8 Å². The van der Waals surface area contributed by atoms with Crippen LogP contribution in [0.2, 0.25) is 0 Å². The van der Waals surface area contributed by atoms with E-state index in [1.165, 1.54) is 17.2 Å². The van der Waals surface area contributed by atoms with Gasteiger partial charge >= 0.3 is 5.97 Å². The van der Waals surface area contributed by atoms with E-state index in [-0.39, 0.29) is 11.4 Å². The molecule has 5 heteroatoms. The Morgan fingerprint density at radius 3 is 2.19 bits per heavy atom. The molecule has 0 atom stereocenters. The van der Waals surface area contributed by atoms with Gasteiger partial charge in [0.2, 0.25) is 0 Å². The van der Waals surface area contributed by atoms with Gasteiger partial charge in [-0.1, -0.05) is 57.2 Å². The summed E-state index contributed by atoms with van der Waals surface area (Å²) in [4.78, 5) is 13.1. The monoisotopic (exact) mass is 514 g/mol. The van der Waals surface area contributed by atoms with Gasteiger partial charge in [0.15, 0.2) is 5.75 Å². The van der Waals surface area contributed by atoms with Gasteiger partial charge < -0.3 is 14.2 Å². The third kappa shape index (κ3) is 6.41. The van der Waals surface area contributed by atoms with Crippen molar-refractivity contribution in [3.05, 3.63) is 83.9 Å². The highest BCUT2D eigenvalue weighted by atomic mass is 32.1. The highest BCUT2D eigenvalue weighted by molar-refractivity contribution is 7.22. The Morgan fingerprint density at radius 2 is 1.54 bits per heavy atom. The van der Waals surface area contributed by atoms with E-state index in [1.807, 2.05) is 51.1 Å². The molecule has 4 nitrogen and oxygen atoms in total. The lowest BCUT2D eigenvalue weighted by atomic mass is 9.83. The number of hydrogen-bond donors (Lipinski definition) is 0. The van der Waals surface area contributed by atoms with Crippen LogP contribution in [0.5, 0.6) is 17.2 Å². The lowest BCUT2D eigenvalue weighted by Crippen LogP contribution is -2.22. The van der Waals surface area contributed by atoms with E-state index in [4.69, 9.17) is 14.2 Å². The molecule has 0 saturated carbocycles. The zero-order valence-corrected chi connectivity index (χ0v) is 23.4. The molecule has 0 radical (unpaired) electrons. The first-order chi connectivity index (χ1) is 17.4. The minimum absolute atomic E-state index is 0.0240. The molecule has 0 amide bonds. The first-order valence-corrected chi connectivity index (χ1v) is 13.2. The summed E-state index contributed by atoms with van der Waals surface area (Å²) in [7, 11) is 1.68. The number of benzene rings is 3. The van der Waals surface area contributed by atoms with Crippen LogP contribution in [-0.4, -0.2) is 18.7 Å². The van der Waals surface area contributed by atoms with Gasteiger partial charge in [0, 0.05) is 16.2 Å². The van der Waals surface area contributed by atoms with Crippen LogP contribution >= 0.6 is 11.3 Å². The molecule has 0 spiro atoms. The molecule has 192 valence electrons. The van der Waals surface area contributed by atoms with E-state index in [1.54, 1.807) is 24.5 Å². The second kappa shape index (κ2) is 10.4. The smallest absolute Gasteiger partial charge is 0.331 e. The number of fused-ring (bicyclic) bond motifs is 1. The van der Waals surface area contributed by atoms with Gasteiger partial charge in [0.05, 0.1) is 12.0 Å². The molecular weight excluding hydrogens is 480 g/mol. The van der Waals surface area contributed by atoms with Crippen LogP contribution in [-0.2, 0) is 14.9 Å². The highest BCUT2D eigenvalue weighted by Crippen LogP contribution is 2.49. The maximum Gasteiger partial charge on any atom is 0.331 e. The Hall–Kier alpha value is -3.57. The summed E-state index contributed by atoms with van der Waals surface area (Å²) in [5.74, 6) is 2.00. The number of rotatable bonds is 6. The first kappa shape index (κ1) is 26.5. The van der Waals surface area contributed by atoms with Gasteiger partial charge in [0.25, 0.3) is 0 Å². The third-order valence-corrected chi connectivity index (χ3v) is 6.92. The normalized spacial score (nSPS) is 12.2. The zero-order chi connectivity index (χ0) is 26.8. The van der Waals surface area contributed by atoms with Crippen molar-refractivity contribution in [2.45, 2.75) is 52.6 Å². The van der Waals surface area contributed by atoms with Crippen molar-refractivity contribution in [2.75, 3.05) is 7.11 Å². The first-order valence-electron chi connectivity index (χ1n) is 12.3. The summed E-state index contributed by atoms with van der Waals surface area (Å²) >= 11 is 1.71. The fourth-order valence-electron chi connectivity index (χ4n) is 4.06. The zero-order valence-electron chi connectivity index (χ0n) is 22.5. The maximum atomic E-state index is 12.0. The number of thiophene rings is 1. The molecule has 3 aromatic carbocycles. The molecule has 0 fully saturated rings. The Bertz CT molecular complexity index is 1430. The lowest BCUT2D eigenvalue weighted by molar-refractivity contribution is -0.148. The van der Waals surface area contributed by atoms with Crippen molar-refractivity contribution in [3.63, 3.8) is 0 Å². The lowest BCUT2D eigenvalue weighted by Gasteiger charge is -2.23. The summed E-state index contributed by atoms with van der Waals surface area (Å²) in [6.45, 7) is 12.2. The summed E-state index contributed by atoms with van der Waals surface area (Å²) in [6, 6.07) is 22.3. The quantitative estimate of drug-likeness (QED) is 0.190. The molecule has 4 rings (SSSR count). The van der Waals surface area contributed by atoms with E-state index in [0.29, 0.717) is 0 Å². The second-order valence-electron chi connectivity index (χ2n) is 11.0. The molecule has 1 aromatic heterocycles. The van der Waals surface area contributed by atoms with Crippen molar-refractivity contribution >= 4 is 33.5 Å². The summed E-state index contributed by atoms with van der Waals surface area (Å²) in [6.07, 6.45) is 3.19. The molecule has 1 heterocycles. The van der Waals surface area contributed by atoms with Crippen molar-refractivity contribution in [1.29, 1.82) is 0 Å². The number of esters is 1. The standard InChI is InChI=1S/C32H34O4S/c1-31(2,3)26-11-9-8-10-24(26)30-29(25-18-17-23(34-7)20-27(25)37-30)35-22-15-12-21(13-16-22)14-19-28(33)36-32(4,5)6/h8-20H,1-7H3/b19-14+. The Kier molecular flexibility index (Phi) is 7.47. The number of ether oxygens (including phenoxy) is 3. The highest BCUT2D eigenvalue weighted by Gasteiger charge is 2.24. The molecule has 0 bridgehead atoms. The molecule has 37 heavy (non-hydrogen) atoms.